The Bertz CT molecular complexity index is 245. The summed E-state index contributed by atoms with van der Waals surface area (Å²) < 4.78 is 5.23. The van der Waals surface area contributed by atoms with Crippen molar-refractivity contribution in [3.8, 4) is 0 Å². The van der Waals surface area contributed by atoms with Crippen LogP contribution in [0.1, 0.15) is 13.3 Å². The molecule has 0 spiro atoms. The smallest absolute Gasteiger partial charge is 0.242 e. The Kier molecular flexibility index (Phi) is 2.95. The van der Waals surface area contributed by atoms with Crippen LogP contribution in [0, 0.1) is 0 Å². The van der Waals surface area contributed by atoms with Crippen molar-refractivity contribution in [3.63, 3.8) is 0 Å². The molecule has 2 heterocycles. The summed E-state index contributed by atoms with van der Waals surface area (Å²) in [5.41, 5.74) is -0.648. The van der Waals surface area contributed by atoms with E-state index >= 15 is 0 Å². The lowest BCUT2D eigenvalue weighted by molar-refractivity contribution is -0.160. The molecule has 5 heteroatoms. The Labute approximate surface area is 89.4 Å². The number of nitrogens with zero attached hydrogens (tertiary/aromatic N) is 1. The van der Waals surface area contributed by atoms with Gasteiger partial charge in [0.1, 0.15) is 6.04 Å². The van der Waals surface area contributed by atoms with Crippen LogP contribution in [0.15, 0.2) is 0 Å². The molecule has 0 saturated carbocycles. The van der Waals surface area contributed by atoms with Crippen LogP contribution in [-0.2, 0) is 9.53 Å². The summed E-state index contributed by atoms with van der Waals surface area (Å²) in [6, 6.07) is -0.222. The number of likely N-dealkylation sites (tertiary alicyclic amines) is 1. The first-order valence-electron chi connectivity index (χ1n) is 5.47. The van der Waals surface area contributed by atoms with Crippen LogP contribution >= 0.6 is 0 Å². The number of nitrogens with one attached hydrogen (secondary N) is 1. The van der Waals surface area contributed by atoms with Gasteiger partial charge in [-0.2, -0.15) is 0 Å². The fraction of sp³-hybridized carbons (Fsp3) is 0.900. The third-order valence-corrected chi connectivity index (χ3v) is 3.16. The highest BCUT2D eigenvalue weighted by atomic mass is 16.5. The van der Waals surface area contributed by atoms with Crippen LogP contribution in [0.4, 0.5) is 0 Å². The molecule has 0 aliphatic carbocycles. The molecule has 5 nitrogen and oxygen atoms in total. The van der Waals surface area contributed by atoms with Gasteiger partial charge in [-0.1, -0.05) is 6.92 Å². The van der Waals surface area contributed by atoms with E-state index in [1.54, 1.807) is 4.90 Å². The minimum absolute atomic E-state index is 0.0489. The van der Waals surface area contributed by atoms with Crippen LogP contribution in [0.3, 0.4) is 0 Å². The Morgan fingerprint density at radius 2 is 2.40 bits per heavy atom. The average Bonchev–Trinajstić information content (AvgIpc) is 2.25. The lowest BCUT2D eigenvalue weighted by Gasteiger charge is -2.47. The van der Waals surface area contributed by atoms with E-state index < -0.39 is 5.60 Å². The zero-order valence-corrected chi connectivity index (χ0v) is 9.03. The van der Waals surface area contributed by atoms with E-state index in [0.717, 1.165) is 6.54 Å². The highest BCUT2D eigenvalue weighted by molar-refractivity contribution is 5.83. The van der Waals surface area contributed by atoms with Gasteiger partial charge in [0.25, 0.3) is 0 Å². The maximum absolute atomic E-state index is 11.9. The fourth-order valence-corrected chi connectivity index (χ4v) is 1.99. The molecular weight excluding hydrogens is 196 g/mol. The summed E-state index contributed by atoms with van der Waals surface area (Å²) in [6.45, 7) is 4.69. The zero-order chi connectivity index (χ0) is 10.9. The Hall–Kier alpha value is -0.650. The number of morpholine rings is 1. The molecule has 0 aromatic carbocycles. The van der Waals surface area contributed by atoms with E-state index in [-0.39, 0.29) is 11.9 Å². The summed E-state index contributed by atoms with van der Waals surface area (Å²) in [7, 11) is 0. The van der Waals surface area contributed by atoms with Crippen molar-refractivity contribution in [2.75, 3.05) is 32.8 Å². The summed E-state index contributed by atoms with van der Waals surface area (Å²) in [4.78, 5) is 13.5. The fourth-order valence-electron chi connectivity index (χ4n) is 1.99. The van der Waals surface area contributed by atoms with Crippen molar-refractivity contribution in [1.82, 2.24) is 10.2 Å². The van der Waals surface area contributed by atoms with Crippen molar-refractivity contribution in [2.24, 2.45) is 0 Å². The Morgan fingerprint density at radius 1 is 1.67 bits per heavy atom. The highest BCUT2D eigenvalue weighted by Gasteiger charge is 2.43. The SMILES string of the molecule is CCC1(O)CN(C(=O)C2COCCN2)C1. The van der Waals surface area contributed by atoms with Gasteiger partial charge in [-0.25, -0.2) is 0 Å². The first-order chi connectivity index (χ1) is 7.14. The van der Waals surface area contributed by atoms with E-state index in [1.165, 1.54) is 0 Å². The standard InChI is InChI=1S/C10H18N2O3/c1-2-10(14)6-12(7-10)9(13)8-5-15-4-3-11-8/h8,11,14H,2-7H2,1H3. The summed E-state index contributed by atoms with van der Waals surface area (Å²) in [5, 5.41) is 12.9. The quantitative estimate of drug-likeness (QED) is 0.616. The number of carbonyl (C=O) groups excluding carboxylic acids is 1. The lowest BCUT2D eigenvalue weighted by atomic mass is 9.90. The minimum atomic E-state index is -0.648. The molecule has 0 radical (unpaired) electrons. The maximum atomic E-state index is 11.9. The summed E-state index contributed by atoms with van der Waals surface area (Å²) in [5.74, 6) is 0.0489. The number of aliphatic hydroxyl groups is 1. The molecule has 2 N–H and O–H groups in total. The number of rotatable bonds is 2. The first kappa shape index (κ1) is 10.9. The highest BCUT2D eigenvalue weighted by Crippen LogP contribution is 2.24. The Morgan fingerprint density at radius 3 is 2.93 bits per heavy atom. The van der Waals surface area contributed by atoms with E-state index in [2.05, 4.69) is 5.32 Å². The van der Waals surface area contributed by atoms with E-state index in [1.807, 2.05) is 6.92 Å². The van der Waals surface area contributed by atoms with Crippen LogP contribution in [0.5, 0.6) is 0 Å². The van der Waals surface area contributed by atoms with Gasteiger partial charge in [-0.15, -0.1) is 0 Å². The number of hydrogen-bond acceptors (Lipinski definition) is 4. The lowest BCUT2D eigenvalue weighted by Crippen LogP contribution is -2.67. The number of ether oxygens (including phenoxy) is 1. The second-order valence-electron chi connectivity index (χ2n) is 4.35. The zero-order valence-electron chi connectivity index (χ0n) is 9.03. The van der Waals surface area contributed by atoms with E-state index in [0.29, 0.717) is 32.7 Å². The molecule has 86 valence electrons. The van der Waals surface area contributed by atoms with Crippen molar-refractivity contribution in [2.45, 2.75) is 25.0 Å². The van der Waals surface area contributed by atoms with Gasteiger partial charge in [-0.3, -0.25) is 4.79 Å². The van der Waals surface area contributed by atoms with Crippen LogP contribution in [0.25, 0.3) is 0 Å². The largest absolute Gasteiger partial charge is 0.386 e. The van der Waals surface area contributed by atoms with Gasteiger partial charge in [0.15, 0.2) is 0 Å². The maximum Gasteiger partial charge on any atom is 0.242 e. The number of amides is 1. The van der Waals surface area contributed by atoms with Gasteiger partial charge in [0.2, 0.25) is 5.91 Å². The molecule has 2 rings (SSSR count). The van der Waals surface area contributed by atoms with Gasteiger partial charge < -0.3 is 20.1 Å². The molecule has 2 fully saturated rings. The van der Waals surface area contributed by atoms with Crippen molar-refractivity contribution in [3.05, 3.63) is 0 Å². The number of carbonyl (C=O) groups is 1. The van der Waals surface area contributed by atoms with Gasteiger partial charge >= 0.3 is 0 Å². The molecule has 2 aliphatic rings. The second kappa shape index (κ2) is 4.08. The molecule has 2 saturated heterocycles. The molecule has 1 atom stereocenters. The summed E-state index contributed by atoms with van der Waals surface area (Å²) in [6.07, 6.45) is 0.700. The van der Waals surface area contributed by atoms with Gasteiger partial charge in [0.05, 0.1) is 31.9 Å². The second-order valence-corrected chi connectivity index (χ2v) is 4.35. The molecular formula is C10H18N2O3. The number of β-amino-alcohol motifs (C(OH)–C–C–N with tert-alkyl or cyclic N) is 1. The van der Waals surface area contributed by atoms with Crippen LogP contribution < -0.4 is 5.32 Å². The monoisotopic (exact) mass is 214 g/mol. The molecule has 1 amide bonds. The van der Waals surface area contributed by atoms with Crippen LogP contribution in [0.2, 0.25) is 0 Å². The molecule has 0 bridgehead atoms. The van der Waals surface area contributed by atoms with Crippen LogP contribution in [-0.4, -0.2) is 60.4 Å². The van der Waals surface area contributed by atoms with Gasteiger partial charge in [-0.05, 0) is 6.42 Å². The molecule has 1 unspecified atom stereocenters. The predicted octanol–water partition coefficient (Wildman–Crippen LogP) is -1.04. The minimum Gasteiger partial charge on any atom is -0.386 e. The normalized spacial score (nSPS) is 29.7. The third-order valence-electron chi connectivity index (χ3n) is 3.16. The molecule has 0 aromatic rings. The third kappa shape index (κ3) is 2.14. The topological polar surface area (TPSA) is 61.8 Å². The van der Waals surface area contributed by atoms with E-state index in [9.17, 15) is 9.90 Å². The predicted molar refractivity (Wildman–Crippen MR) is 54.4 cm³/mol. The van der Waals surface area contributed by atoms with Crippen molar-refractivity contribution in [1.29, 1.82) is 0 Å². The molecule has 15 heavy (non-hydrogen) atoms. The van der Waals surface area contributed by atoms with E-state index in [4.69, 9.17) is 4.74 Å². The summed E-state index contributed by atoms with van der Waals surface area (Å²) >= 11 is 0. The Balaban J connectivity index is 1.83. The molecule has 0 aromatic heterocycles. The van der Waals surface area contributed by atoms with Crippen molar-refractivity contribution >= 4 is 5.91 Å². The first-order valence-corrected chi connectivity index (χ1v) is 5.47. The molecule has 2 aliphatic heterocycles. The average molecular weight is 214 g/mol. The van der Waals surface area contributed by atoms with Crippen molar-refractivity contribution < 1.29 is 14.6 Å². The number of hydrogen-bond donors (Lipinski definition) is 2. The van der Waals surface area contributed by atoms with Gasteiger partial charge in [0, 0.05) is 6.54 Å².